The highest BCUT2D eigenvalue weighted by Gasteiger charge is 2.23. The standard InChI is InChI=1S/C18H16N2O2S/c21-17(15-5-3-11-22-15)19-13-9-7-12(8-10-13)18-20-14-4-1-2-6-16(14)23-18/h1-2,4,6-10,15H,3,5,11H2,(H,19,21). The fourth-order valence-electron chi connectivity index (χ4n) is 2.70. The normalized spacial score (nSPS) is 17.5. The van der Waals surface area contributed by atoms with Crippen molar-refractivity contribution < 1.29 is 9.53 Å². The van der Waals surface area contributed by atoms with Gasteiger partial charge >= 0.3 is 0 Å². The summed E-state index contributed by atoms with van der Waals surface area (Å²) < 4.78 is 6.57. The van der Waals surface area contributed by atoms with Crippen molar-refractivity contribution in [3.05, 3.63) is 48.5 Å². The van der Waals surface area contributed by atoms with Gasteiger partial charge in [0.1, 0.15) is 11.1 Å². The summed E-state index contributed by atoms with van der Waals surface area (Å²) in [5, 5.41) is 3.90. The van der Waals surface area contributed by atoms with E-state index < -0.39 is 0 Å². The molecule has 4 nitrogen and oxygen atoms in total. The first-order chi connectivity index (χ1) is 11.3. The molecule has 0 spiro atoms. The number of hydrogen-bond donors (Lipinski definition) is 1. The topological polar surface area (TPSA) is 51.2 Å². The lowest BCUT2D eigenvalue weighted by Crippen LogP contribution is -2.26. The van der Waals surface area contributed by atoms with Gasteiger partial charge in [0.25, 0.3) is 5.91 Å². The maximum atomic E-state index is 12.0. The number of ether oxygens (including phenoxy) is 1. The maximum Gasteiger partial charge on any atom is 0.253 e. The Morgan fingerprint density at radius 2 is 2.00 bits per heavy atom. The van der Waals surface area contributed by atoms with Gasteiger partial charge in [-0.2, -0.15) is 0 Å². The van der Waals surface area contributed by atoms with Crippen molar-refractivity contribution in [1.29, 1.82) is 0 Å². The number of amides is 1. The third kappa shape index (κ3) is 2.98. The highest BCUT2D eigenvalue weighted by atomic mass is 32.1. The third-order valence-corrected chi connectivity index (χ3v) is 5.00. The van der Waals surface area contributed by atoms with Crippen LogP contribution in [0.25, 0.3) is 20.8 Å². The Morgan fingerprint density at radius 3 is 2.74 bits per heavy atom. The average molecular weight is 324 g/mol. The number of nitrogens with one attached hydrogen (secondary N) is 1. The molecule has 23 heavy (non-hydrogen) atoms. The fourth-order valence-corrected chi connectivity index (χ4v) is 3.67. The number of nitrogens with zero attached hydrogens (tertiary/aromatic N) is 1. The molecule has 1 fully saturated rings. The molecule has 1 aliphatic rings. The van der Waals surface area contributed by atoms with E-state index >= 15 is 0 Å². The Morgan fingerprint density at radius 1 is 1.17 bits per heavy atom. The van der Waals surface area contributed by atoms with Crippen molar-refractivity contribution in [3.8, 4) is 10.6 Å². The number of aromatic nitrogens is 1. The van der Waals surface area contributed by atoms with Crippen LogP contribution in [-0.4, -0.2) is 23.6 Å². The van der Waals surface area contributed by atoms with E-state index in [9.17, 15) is 4.79 Å². The molecule has 0 bridgehead atoms. The lowest BCUT2D eigenvalue weighted by atomic mass is 10.2. The summed E-state index contributed by atoms with van der Waals surface area (Å²) in [6.45, 7) is 0.675. The van der Waals surface area contributed by atoms with Crippen LogP contribution in [0, 0.1) is 0 Å². The Bertz CT molecular complexity index is 803. The molecular weight excluding hydrogens is 308 g/mol. The minimum Gasteiger partial charge on any atom is -0.368 e. The summed E-state index contributed by atoms with van der Waals surface area (Å²) >= 11 is 1.67. The maximum absolute atomic E-state index is 12.0. The van der Waals surface area contributed by atoms with Crippen molar-refractivity contribution in [2.45, 2.75) is 18.9 Å². The number of benzene rings is 2. The number of carbonyl (C=O) groups is 1. The average Bonchev–Trinajstić information content (AvgIpc) is 3.25. The van der Waals surface area contributed by atoms with Gasteiger partial charge in [-0.05, 0) is 49.2 Å². The highest BCUT2D eigenvalue weighted by Crippen LogP contribution is 2.30. The molecule has 3 aromatic rings. The van der Waals surface area contributed by atoms with E-state index in [0.717, 1.165) is 34.6 Å². The van der Waals surface area contributed by atoms with Gasteiger partial charge in [0.05, 0.1) is 10.2 Å². The van der Waals surface area contributed by atoms with Crippen LogP contribution < -0.4 is 5.32 Å². The summed E-state index contributed by atoms with van der Waals surface area (Å²) in [6.07, 6.45) is 1.45. The largest absolute Gasteiger partial charge is 0.368 e. The molecule has 5 heteroatoms. The quantitative estimate of drug-likeness (QED) is 0.790. The molecule has 0 saturated carbocycles. The molecule has 4 rings (SSSR count). The molecule has 1 aliphatic heterocycles. The van der Waals surface area contributed by atoms with Crippen LogP contribution in [0.3, 0.4) is 0 Å². The second-order valence-electron chi connectivity index (χ2n) is 5.56. The monoisotopic (exact) mass is 324 g/mol. The SMILES string of the molecule is O=C(Nc1ccc(-c2nc3ccccc3s2)cc1)C1CCCO1. The van der Waals surface area contributed by atoms with Crippen molar-refractivity contribution in [2.75, 3.05) is 11.9 Å². The molecule has 116 valence electrons. The number of para-hydroxylation sites is 1. The number of fused-ring (bicyclic) bond motifs is 1. The molecular formula is C18H16N2O2S. The van der Waals surface area contributed by atoms with Crippen LogP contribution in [-0.2, 0) is 9.53 Å². The van der Waals surface area contributed by atoms with Gasteiger partial charge in [-0.25, -0.2) is 4.98 Å². The second kappa shape index (κ2) is 6.10. The molecule has 1 atom stereocenters. The van der Waals surface area contributed by atoms with Crippen molar-refractivity contribution in [3.63, 3.8) is 0 Å². The first-order valence-electron chi connectivity index (χ1n) is 7.68. The molecule has 2 heterocycles. The number of carbonyl (C=O) groups excluding carboxylic acids is 1. The molecule has 1 N–H and O–H groups in total. The zero-order valence-corrected chi connectivity index (χ0v) is 13.3. The number of hydrogen-bond acceptors (Lipinski definition) is 4. The third-order valence-electron chi connectivity index (χ3n) is 3.92. The smallest absolute Gasteiger partial charge is 0.253 e. The predicted octanol–water partition coefficient (Wildman–Crippen LogP) is 4.08. The Hall–Kier alpha value is -2.24. The first kappa shape index (κ1) is 14.4. The van der Waals surface area contributed by atoms with Crippen molar-refractivity contribution >= 4 is 33.1 Å². The Balaban J connectivity index is 1.52. The molecule has 1 aromatic heterocycles. The van der Waals surface area contributed by atoms with Crippen LogP contribution in [0.2, 0.25) is 0 Å². The minimum atomic E-state index is -0.307. The van der Waals surface area contributed by atoms with E-state index in [1.807, 2.05) is 42.5 Å². The van der Waals surface area contributed by atoms with E-state index in [-0.39, 0.29) is 12.0 Å². The van der Waals surface area contributed by atoms with E-state index in [2.05, 4.69) is 16.4 Å². The zero-order chi connectivity index (χ0) is 15.6. The van der Waals surface area contributed by atoms with Crippen molar-refractivity contribution in [2.24, 2.45) is 0 Å². The summed E-state index contributed by atoms with van der Waals surface area (Å²) in [7, 11) is 0. The van der Waals surface area contributed by atoms with Crippen molar-refractivity contribution in [1.82, 2.24) is 4.98 Å². The van der Waals surface area contributed by atoms with Gasteiger partial charge < -0.3 is 10.1 Å². The molecule has 1 unspecified atom stereocenters. The van der Waals surface area contributed by atoms with Gasteiger partial charge in [-0.1, -0.05) is 12.1 Å². The Kier molecular flexibility index (Phi) is 3.81. The van der Waals surface area contributed by atoms with Gasteiger partial charge in [-0.3, -0.25) is 4.79 Å². The summed E-state index contributed by atoms with van der Waals surface area (Å²) in [6, 6.07) is 15.9. The first-order valence-corrected chi connectivity index (χ1v) is 8.50. The minimum absolute atomic E-state index is 0.0600. The molecule has 1 saturated heterocycles. The number of anilines is 1. The summed E-state index contributed by atoms with van der Waals surface area (Å²) in [4.78, 5) is 16.7. The fraction of sp³-hybridized carbons (Fsp3) is 0.222. The van der Waals surface area contributed by atoms with Crippen LogP contribution in [0.5, 0.6) is 0 Å². The van der Waals surface area contributed by atoms with Gasteiger partial charge in [-0.15, -0.1) is 11.3 Å². The van der Waals surface area contributed by atoms with Gasteiger partial charge in [0.2, 0.25) is 0 Å². The Labute approximate surface area is 138 Å². The number of rotatable bonds is 3. The van der Waals surface area contributed by atoms with Crippen LogP contribution in [0.4, 0.5) is 5.69 Å². The molecule has 1 amide bonds. The zero-order valence-electron chi connectivity index (χ0n) is 12.5. The molecule has 0 radical (unpaired) electrons. The van der Waals surface area contributed by atoms with E-state index in [4.69, 9.17) is 4.74 Å². The van der Waals surface area contributed by atoms with Crippen LogP contribution >= 0.6 is 11.3 Å². The summed E-state index contributed by atoms with van der Waals surface area (Å²) in [5.74, 6) is -0.0600. The van der Waals surface area contributed by atoms with Gasteiger partial charge in [0, 0.05) is 17.9 Å². The lowest BCUT2D eigenvalue weighted by Gasteiger charge is -2.10. The lowest BCUT2D eigenvalue weighted by molar-refractivity contribution is -0.124. The predicted molar refractivity (Wildman–Crippen MR) is 92.7 cm³/mol. The molecule has 0 aliphatic carbocycles. The summed E-state index contributed by atoms with van der Waals surface area (Å²) in [5.41, 5.74) is 2.86. The van der Waals surface area contributed by atoms with E-state index in [1.54, 1.807) is 11.3 Å². The van der Waals surface area contributed by atoms with Gasteiger partial charge in [0.15, 0.2) is 0 Å². The highest BCUT2D eigenvalue weighted by molar-refractivity contribution is 7.21. The van der Waals surface area contributed by atoms with E-state index in [1.165, 1.54) is 4.70 Å². The number of thiazole rings is 1. The second-order valence-corrected chi connectivity index (χ2v) is 6.59. The van der Waals surface area contributed by atoms with E-state index in [0.29, 0.717) is 6.61 Å². The van der Waals surface area contributed by atoms with Crippen LogP contribution in [0.15, 0.2) is 48.5 Å². The molecule has 2 aromatic carbocycles. The van der Waals surface area contributed by atoms with Crippen LogP contribution in [0.1, 0.15) is 12.8 Å².